The SMILES string of the molecule is O=C(c1ccc2cccnc2c1O)N1CCC(c2ccccc2)CC1. The maximum atomic E-state index is 12.8. The summed E-state index contributed by atoms with van der Waals surface area (Å²) in [4.78, 5) is 18.9. The van der Waals surface area contributed by atoms with Crippen molar-refractivity contribution >= 4 is 16.8 Å². The Hall–Kier alpha value is -2.88. The van der Waals surface area contributed by atoms with Crippen molar-refractivity contribution in [1.29, 1.82) is 0 Å². The molecule has 4 heteroatoms. The minimum atomic E-state index is -0.114. The second kappa shape index (κ2) is 6.55. The number of piperidine rings is 1. The third-order valence-electron chi connectivity index (χ3n) is 5.03. The number of nitrogens with zero attached hydrogens (tertiary/aromatic N) is 2. The van der Waals surface area contributed by atoms with Crippen LogP contribution in [0.25, 0.3) is 10.9 Å². The van der Waals surface area contributed by atoms with Gasteiger partial charge in [0.05, 0.1) is 5.56 Å². The van der Waals surface area contributed by atoms with E-state index in [1.54, 1.807) is 12.3 Å². The number of fused-ring (bicyclic) bond motifs is 1. The van der Waals surface area contributed by atoms with Crippen LogP contribution in [0.3, 0.4) is 0 Å². The van der Waals surface area contributed by atoms with Crippen LogP contribution in [-0.4, -0.2) is 34.0 Å². The fourth-order valence-electron chi connectivity index (χ4n) is 3.61. The number of carbonyl (C=O) groups excluding carboxylic acids is 1. The molecule has 0 unspecified atom stereocenters. The summed E-state index contributed by atoms with van der Waals surface area (Å²) in [7, 11) is 0. The summed E-state index contributed by atoms with van der Waals surface area (Å²) in [6.07, 6.45) is 3.52. The van der Waals surface area contributed by atoms with Crippen LogP contribution in [0.15, 0.2) is 60.8 Å². The molecule has 2 aromatic carbocycles. The number of aromatic nitrogens is 1. The first kappa shape index (κ1) is 15.6. The van der Waals surface area contributed by atoms with Gasteiger partial charge in [-0.3, -0.25) is 9.78 Å². The van der Waals surface area contributed by atoms with Crippen LogP contribution in [-0.2, 0) is 0 Å². The van der Waals surface area contributed by atoms with Gasteiger partial charge in [-0.25, -0.2) is 0 Å². The van der Waals surface area contributed by atoms with E-state index in [1.165, 1.54) is 5.56 Å². The second-order valence-corrected chi connectivity index (χ2v) is 6.51. The Kier molecular flexibility index (Phi) is 4.10. The van der Waals surface area contributed by atoms with Crippen molar-refractivity contribution in [2.45, 2.75) is 18.8 Å². The fraction of sp³-hybridized carbons (Fsp3) is 0.238. The van der Waals surface area contributed by atoms with Crippen LogP contribution >= 0.6 is 0 Å². The van der Waals surface area contributed by atoms with Crippen LogP contribution in [0.1, 0.15) is 34.7 Å². The maximum Gasteiger partial charge on any atom is 0.257 e. The van der Waals surface area contributed by atoms with Crippen molar-refractivity contribution in [2.24, 2.45) is 0 Å². The van der Waals surface area contributed by atoms with Gasteiger partial charge in [-0.1, -0.05) is 42.5 Å². The van der Waals surface area contributed by atoms with Gasteiger partial charge in [0.1, 0.15) is 5.52 Å². The number of likely N-dealkylation sites (tertiary alicyclic amines) is 1. The molecule has 1 saturated heterocycles. The molecule has 1 N–H and O–H groups in total. The zero-order chi connectivity index (χ0) is 17.2. The van der Waals surface area contributed by atoms with Gasteiger partial charge < -0.3 is 10.0 Å². The van der Waals surface area contributed by atoms with E-state index >= 15 is 0 Å². The molecule has 0 atom stereocenters. The molecule has 0 spiro atoms. The highest BCUT2D eigenvalue weighted by atomic mass is 16.3. The summed E-state index contributed by atoms with van der Waals surface area (Å²) >= 11 is 0. The van der Waals surface area contributed by atoms with Gasteiger partial charge in [-0.2, -0.15) is 0 Å². The van der Waals surface area contributed by atoms with Crippen molar-refractivity contribution in [2.75, 3.05) is 13.1 Å². The summed E-state index contributed by atoms with van der Waals surface area (Å²) in [5.74, 6) is 0.363. The molecule has 4 nitrogen and oxygen atoms in total. The lowest BCUT2D eigenvalue weighted by Crippen LogP contribution is -2.38. The molecule has 0 bridgehead atoms. The molecule has 3 aromatic rings. The van der Waals surface area contributed by atoms with Crippen molar-refractivity contribution in [3.8, 4) is 5.75 Å². The Balaban J connectivity index is 1.52. The molecule has 4 rings (SSSR count). The topological polar surface area (TPSA) is 53.4 Å². The first-order valence-electron chi connectivity index (χ1n) is 8.65. The number of carbonyl (C=O) groups is 1. The summed E-state index contributed by atoms with van der Waals surface area (Å²) in [5.41, 5.74) is 2.16. The van der Waals surface area contributed by atoms with Crippen LogP contribution in [0.4, 0.5) is 0 Å². The lowest BCUT2D eigenvalue weighted by atomic mass is 9.89. The molecule has 25 heavy (non-hydrogen) atoms. The van der Waals surface area contributed by atoms with Gasteiger partial charge in [-0.15, -0.1) is 0 Å². The number of hydrogen-bond acceptors (Lipinski definition) is 3. The van der Waals surface area contributed by atoms with Crippen molar-refractivity contribution in [3.05, 3.63) is 71.9 Å². The first-order chi connectivity index (χ1) is 12.2. The smallest absolute Gasteiger partial charge is 0.257 e. The Morgan fingerprint density at radius 1 is 1.00 bits per heavy atom. The van der Waals surface area contributed by atoms with Gasteiger partial charge in [0.2, 0.25) is 0 Å². The molecule has 0 saturated carbocycles. The van der Waals surface area contributed by atoms with E-state index in [9.17, 15) is 9.90 Å². The molecule has 1 amide bonds. The summed E-state index contributed by atoms with van der Waals surface area (Å²) in [6, 6.07) is 17.7. The highest BCUT2D eigenvalue weighted by Gasteiger charge is 2.26. The van der Waals surface area contributed by atoms with E-state index in [-0.39, 0.29) is 11.7 Å². The first-order valence-corrected chi connectivity index (χ1v) is 8.65. The standard InChI is InChI=1S/C21H20N2O2/c24-20-18(9-8-17-7-4-12-22-19(17)20)21(25)23-13-10-16(11-14-23)15-5-2-1-3-6-15/h1-9,12,16,24H,10-11,13-14H2. The molecular weight excluding hydrogens is 312 g/mol. The average Bonchev–Trinajstić information content (AvgIpc) is 2.69. The van der Waals surface area contributed by atoms with E-state index in [0.717, 1.165) is 18.2 Å². The second-order valence-electron chi connectivity index (χ2n) is 6.51. The van der Waals surface area contributed by atoms with Gasteiger partial charge in [0.15, 0.2) is 5.75 Å². The van der Waals surface area contributed by atoms with E-state index in [1.807, 2.05) is 29.2 Å². The number of aromatic hydroxyl groups is 1. The van der Waals surface area contributed by atoms with Crippen molar-refractivity contribution in [1.82, 2.24) is 9.88 Å². The number of phenolic OH excluding ortho intramolecular Hbond substituents is 1. The van der Waals surface area contributed by atoms with Gasteiger partial charge >= 0.3 is 0 Å². The Morgan fingerprint density at radius 3 is 2.52 bits per heavy atom. The van der Waals surface area contributed by atoms with Gasteiger partial charge in [-0.05, 0) is 36.5 Å². The van der Waals surface area contributed by atoms with E-state index in [4.69, 9.17) is 0 Å². The molecule has 1 aromatic heterocycles. The minimum Gasteiger partial charge on any atom is -0.505 e. The van der Waals surface area contributed by atoms with E-state index < -0.39 is 0 Å². The predicted molar refractivity (Wildman–Crippen MR) is 97.7 cm³/mol. The highest BCUT2D eigenvalue weighted by molar-refractivity contribution is 6.02. The third kappa shape index (κ3) is 2.95. The summed E-state index contributed by atoms with van der Waals surface area (Å²) in [6.45, 7) is 1.41. The predicted octanol–water partition coefficient (Wildman–Crippen LogP) is 3.96. The zero-order valence-electron chi connectivity index (χ0n) is 13.9. The van der Waals surface area contributed by atoms with E-state index in [2.05, 4.69) is 29.2 Å². The lowest BCUT2D eigenvalue weighted by Gasteiger charge is -2.32. The molecule has 126 valence electrons. The summed E-state index contributed by atoms with van der Waals surface area (Å²) in [5, 5.41) is 11.3. The van der Waals surface area contributed by atoms with Crippen LogP contribution in [0, 0.1) is 0 Å². The Bertz CT molecular complexity index is 900. The molecule has 1 fully saturated rings. The van der Waals surface area contributed by atoms with Crippen LogP contribution in [0.2, 0.25) is 0 Å². The number of amides is 1. The molecular formula is C21H20N2O2. The number of pyridine rings is 1. The fourth-order valence-corrected chi connectivity index (χ4v) is 3.61. The lowest BCUT2D eigenvalue weighted by molar-refractivity contribution is 0.0710. The van der Waals surface area contributed by atoms with Gasteiger partial charge in [0.25, 0.3) is 5.91 Å². The normalized spacial score (nSPS) is 15.4. The zero-order valence-corrected chi connectivity index (χ0v) is 13.9. The number of phenols is 1. The summed E-state index contributed by atoms with van der Waals surface area (Å²) < 4.78 is 0. The quantitative estimate of drug-likeness (QED) is 0.773. The van der Waals surface area contributed by atoms with E-state index in [0.29, 0.717) is 30.1 Å². The van der Waals surface area contributed by atoms with Crippen molar-refractivity contribution in [3.63, 3.8) is 0 Å². The van der Waals surface area contributed by atoms with Crippen LogP contribution in [0.5, 0.6) is 5.75 Å². The Labute approximate surface area is 146 Å². The monoisotopic (exact) mass is 332 g/mol. The molecule has 0 aliphatic carbocycles. The Morgan fingerprint density at radius 2 is 1.76 bits per heavy atom. The third-order valence-corrected chi connectivity index (χ3v) is 5.03. The van der Waals surface area contributed by atoms with Crippen LogP contribution < -0.4 is 0 Å². The maximum absolute atomic E-state index is 12.8. The minimum absolute atomic E-state index is 0.0201. The number of hydrogen-bond donors (Lipinski definition) is 1. The number of benzene rings is 2. The number of rotatable bonds is 2. The highest BCUT2D eigenvalue weighted by Crippen LogP contribution is 2.31. The average molecular weight is 332 g/mol. The largest absolute Gasteiger partial charge is 0.505 e. The molecule has 0 radical (unpaired) electrons. The molecule has 2 heterocycles. The molecule has 1 aliphatic heterocycles. The van der Waals surface area contributed by atoms with Crippen molar-refractivity contribution < 1.29 is 9.90 Å². The molecule has 1 aliphatic rings. The van der Waals surface area contributed by atoms with Gasteiger partial charge in [0, 0.05) is 24.7 Å².